The summed E-state index contributed by atoms with van der Waals surface area (Å²) >= 11 is 0. The first-order valence-electron chi connectivity index (χ1n) is 7.36. The molecule has 1 aliphatic carbocycles. The molecule has 3 heteroatoms. The molecule has 0 aliphatic heterocycles. The molecule has 1 fully saturated rings. The van der Waals surface area contributed by atoms with E-state index < -0.39 is 0 Å². The molecule has 1 N–H and O–H groups in total. The van der Waals surface area contributed by atoms with Gasteiger partial charge in [-0.05, 0) is 37.0 Å². The predicted molar refractivity (Wildman–Crippen MR) is 77.9 cm³/mol. The smallest absolute Gasteiger partial charge is 0.161 e. The van der Waals surface area contributed by atoms with E-state index in [4.69, 9.17) is 9.47 Å². The molecule has 106 valence electrons. The van der Waals surface area contributed by atoms with Gasteiger partial charge in [0.15, 0.2) is 11.5 Å². The van der Waals surface area contributed by atoms with Gasteiger partial charge in [0.05, 0.1) is 13.7 Å². The van der Waals surface area contributed by atoms with Gasteiger partial charge >= 0.3 is 0 Å². The lowest BCUT2D eigenvalue weighted by Crippen LogP contribution is -2.15. The van der Waals surface area contributed by atoms with Crippen LogP contribution >= 0.6 is 0 Å². The van der Waals surface area contributed by atoms with Crippen LogP contribution in [-0.4, -0.2) is 19.8 Å². The Morgan fingerprint density at radius 1 is 1.21 bits per heavy atom. The van der Waals surface area contributed by atoms with Crippen molar-refractivity contribution >= 4 is 0 Å². The quantitative estimate of drug-likeness (QED) is 0.692. The second kappa shape index (κ2) is 7.39. The Kier molecular flexibility index (Phi) is 5.52. The second-order valence-corrected chi connectivity index (χ2v) is 5.20. The molecule has 0 saturated heterocycles. The third-order valence-corrected chi connectivity index (χ3v) is 3.41. The lowest BCUT2D eigenvalue weighted by molar-refractivity contribution is 0.286. The summed E-state index contributed by atoms with van der Waals surface area (Å²) in [6.07, 6.45) is 6.16. The minimum absolute atomic E-state index is 0.732. The largest absolute Gasteiger partial charge is 0.493 e. The zero-order chi connectivity index (χ0) is 13.5. The van der Waals surface area contributed by atoms with Gasteiger partial charge in [-0.1, -0.05) is 25.8 Å². The molecule has 2 rings (SSSR count). The molecule has 0 bridgehead atoms. The number of unbranched alkanes of at least 4 members (excludes halogenated alkanes) is 2. The molecule has 0 heterocycles. The van der Waals surface area contributed by atoms with Gasteiger partial charge in [0.25, 0.3) is 0 Å². The molecule has 0 radical (unpaired) electrons. The van der Waals surface area contributed by atoms with Crippen molar-refractivity contribution in [3.63, 3.8) is 0 Å². The fraction of sp³-hybridized carbons (Fsp3) is 0.625. The molecule has 0 spiro atoms. The van der Waals surface area contributed by atoms with Gasteiger partial charge in [-0.25, -0.2) is 0 Å². The standard InChI is InChI=1S/C16H25NO2/c1-3-4-5-10-19-15-9-6-13(11-16(15)18-2)12-17-14-7-8-14/h6,9,11,14,17H,3-5,7-8,10,12H2,1-2H3. The predicted octanol–water partition coefficient (Wildman–Crippen LogP) is 3.52. The number of ether oxygens (including phenoxy) is 2. The molecule has 19 heavy (non-hydrogen) atoms. The molecular formula is C16H25NO2. The molecule has 3 nitrogen and oxygen atoms in total. The topological polar surface area (TPSA) is 30.5 Å². The fourth-order valence-corrected chi connectivity index (χ4v) is 2.03. The highest BCUT2D eigenvalue weighted by Crippen LogP contribution is 2.28. The van der Waals surface area contributed by atoms with Crippen LogP contribution in [0.1, 0.15) is 44.6 Å². The first-order valence-corrected chi connectivity index (χ1v) is 7.36. The molecule has 0 amide bonds. The van der Waals surface area contributed by atoms with Crippen molar-refractivity contribution in [2.24, 2.45) is 0 Å². The zero-order valence-corrected chi connectivity index (χ0v) is 12.1. The van der Waals surface area contributed by atoms with E-state index in [1.165, 1.54) is 31.2 Å². The number of hydrogen-bond acceptors (Lipinski definition) is 3. The number of hydrogen-bond donors (Lipinski definition) is 1. The minimum atomic E-state index is 0.732. The number of benzene rings is 1. The molecular weight excluding hydrogens is 238 g/mol. The van der Waals surface area contributed by atoms with Gasteiger partial charge < -0.3 is 14.8 Å². The summed E-state index contributed by atoms with van der Waals surface area (Å²) in [5, 5.41) is 3.51. The van der Waals surface area contributed by atoms with Gasteiger partial charge in [-0.3, -0.25) is 0 Å². The van der Waals surface area contributed by atoms with Crippen molar-refractivity contribution in [1.29, 1.82) is 0 Å². The van der Waals surface area contributed by atoms with E-state index in [9.17, 15) is 0 Å². The third kappa shape index (κ3) is 4.75. The van der Waals surface area contributed by atoms with Crippen LogP contribution in [0, 0.1) is 0 Å². The zero-order valence-electron chi connectivity index (χ0n) is 12.1. The molecule has 1 aromatic rings. The Labute approximate surface area is 116 Å². The normalized spacial score (nSPS) is 14.4. The maximum atomic E-state index is 5.78. The maximum Gasteiger partial charge on any atom is 0.161 e. The van der Waals surface area contributed by atoms with Crippen molar-refractivity contribution < 1.29 is 9.47 Å². The van der Waals surface area contributed by atoms with Crippen LogP contribution in [-0.2, 0) is 6.54 Å². The average Bonchev–Trinajstić information content (AvgIpc) is 3.26. The van der Waals surface area contributed by atoms with Crippen molar-refractivity contribution in [1.82, 2.24) is 5.32 Å². The Morgan fingerprint density at radius 3 is 2.74 bits per heavy atom. The Bertz CT molecular complexity index is 388. The van der Waals surface area contributed by atoms with Crippen LogP contribution in [0.4, 0.5) is 0 Å². The summed E-state index contributed by atoms with van der Waals surface area (Å²) in [4.78, 5) is 0. The minimum Gasteiger partial charge on any atom is -0.493 e. The maximum absolute atomic E-state index is 5.78. The molecule has 1 saturated carbocycles. The van der Waals surface area contributed by atoms with E-state index in [-0.39, 0.29) is 0 Å². The SMILES string of the molecule is CCCCCOc1ccc(CNC2CC2)cc1OC. The van der Waals surface area contributed by atoms with Gasteiger partial charge in [0.2, 0.25) is 0 Å². The van der Waals surface area contributed by atoms with Crippen molar-refractivity contribution in [3.8, 4) is 11.5 Å². The fourth-order valence-electron chi connectivity index (χ4n) is 2.03. The van der Waals surface area contributed by atoms with Crippen molar-refractivity contribution in [2.45, 2.75) is 51.6 Å². The van der Waals surface area contributed by atoms with Crippen LogP contribution in [0.2, 0.25) is 0 Å². The highest BCUT2D eigenvalue weighted by molar-refractivity contribution is 5.43. The monoisotopic (exact) mass is 263 g/mol. The Morgan fingerprint density at radius 2 is 2.05 bits per heavy atom. The lowest BCUT2D eigenvalue weighted by Gasteiger charge is -2.12. The summed E-state index contributed by atoms with van der Waals surface area (Å²) in [7, 11) is 1.70. The molecule has 0 aromatic heterocycles. The molecule has 0 unspecified atom stereocenters. The van der Waals surface area contributed by atoms with Crippen LogP contribution in [0.5, 0.6) is 11.5 Å². The van der Waals surface area contributed by atoms with Gasteiger partial charge in [-0.15, -0.1) is 0 Å². The summed E-state index contributed by atoms with van der Waals surface area (Å²) in [5.41, 5.74) is 1.25. The van der Waals surface area contributed by atoms with Gasteiger partial charge in [0, 0.05) is 12.6 Å². The first kappa shape index (κ1) is 14.2. The number of methoxy groups -OCH3 is 1. The van der Waals surface area contributed by atoms with Gasteiger partial charge in [-0.2, -0.15) is 0 Å². The summed E-state index contributed by atoms with van der Waals surface area (Å²) in [6.45, 7) is 3.88. The Balaban J connectivity index is 1.86. The van der Waals surface area contributed by atoms with E-state index in [0.717, 1.165) is 37.1 Å². The summed E-state index contributed by atoms with van der Waals surface area (Å²) in [6, 6.07) is 6.95. The molecule has 0 atom stereocenters. The van der Waals surface area contributed by atoms with E-state index in [0.29, 0.717) is 0 Å². The first-order chi connectivity index (χ1) is 9.33. The highest BCUT2D eigenvalue weighted by atomic mass is 16.5. The van der Waals surface area contributed by atoms with Crippen molar-refractivity contribution in [2.75, 3.05) is 13.7 Å². The molecule has 1 aliphatic rings. The van der Waals surface area contributed by atoms with Crippen LogP contribution < -0.4 is 14.8 Å². The highest BCUT2D eigenvalue weighted by Gasteiger charge is 2.20. The molecule has 1 aromatic carbocycles. The van der Waals surface area contributed by atoms with Crippen molar-refractivity contribution in [3.05, 3.63) is 23.8 Å². The lowest BCUT2D eigenvalue weighted by atomic mass is 10.2. The summed E-state index contributed by atoms with van der Waals surface area (Å²) < 4.78 is 11.2. The van der Waals surface area contributed by atoms with Crippen LogP contribution in [0.3, 0.4) is 0 Å². The van der Waals surface area contributed by atoms with E-state index in [1.54, 1.807) is 7.11 Å². The van der Waals surface area contributed by atoms with E-state index in [1.807, 2.05) is 6.07 Å². The number of nitrogens with one attached hydrogen (secondary N) is 1. The number of rotatable bonds is 9. The van der Waals surface area contributed by atoms with Crippen LogP contribution in [0.25, 0.3) is 0 Å². The van der Waals surface area contributed by atoms with Gasteiger partial charge in [0.1, 0.15) is 0 Å². The summed E-state index contributed by atoms with van der Waals surface area (Å²) in [5.74, 6) is 1.69. The Hall–Kier alpha value is -1.22. The second-order valence-electron chi connectivity index (χ2n) is 5.20. The van der Waals surface area contributed by atoms with E-state index in [2.05, 4.69) is 24.4 Å². The van der Waals surface area contributed by atoms with Crippen LogP contribution in [0.15, 0.2) is 18.2 Å². The third-order valence-electron chi connectivity index (χ3n) is 3.41. The average molecular weight is 263 g/mol. The van der Waals surface area contributed by atoms with E-state index >= 15 is 0 Å².